The minimum absolute atomic E-state index is 0.255. The van der Waals surface area contributed by atoms with Crippen molar-refractivity contribution in [1.29, 1.82) is 0 Å². The van der Waals surface area contributed by atoms with Crippen LogP contribution in [0, 0.1) is 17.3 Å². The van der Waals surface area contributed by atoms with Gasteiger partial charge in [0.15, 0.2) is 0 Å². The second kappa shape index (κ2) is 5.57. The van der Waals surface area contributed by atoms with Gasteiger partial charge in [0.2, 0.25) is 5.91 Å². The predicted octanol–water partition coefficient (Wildman–Crippen LogP) is 4.31. The molecule has 116 valence electrons. The maximum absolute atomic E-state index is 12.7. The van der Waals surface area contributed by atoms with E-state index in [0.29, 0.717) is 17.4 Å². The molecule has 4 fully saturated rings. The van der Waals surface area contributed by atoms with Crippen LogP contribution in [0.1, 0.15) is 44.9 Å². The molecule has 4 aliphatic carbocycles. The van der Waals surface area contributed by atoms with Gasteiger partial charge in [0, 0.05) is 23.8 Å². The summed E-state index contributed by atoms with van der Waals surface area (Å²) in [5.74, 6) is 1.96. The largest absolute Gasteiger partial charge is 0.335 e. The maximum atomic E-state index is 12.7. The van der Waals surface area contributed by atoms with E-state index in [9.17, 15) is 4.79 Å². The molecule has 0 N–H and O–H groups in total. The summed E-state index contributed by atoms with van der Waals surface area (Å²) in [5.41, 5.74) is 0.255. The van der Waals surface area contributed by atoms with Crippen LogP contribution in [0.2, 0.25) is 0 Å². The number of hydrogen-bond donors (Lipinski definition) is 0. The number of carbonyl (C=O) groups is 1. The quantitative estimate of drug-likeness (QED) is 0.515. The first kappa shape index (κ1) is 15.3. The lowest BCUT2D eigenvalue weighted by Crippen LogP contribution is -2.54. The lowest BCUT2D eigenvalue weighted by atomic mass is 9.48. The van der Waals surface area contributed by atoms with Gasteiger partial charge < -0.3 is 4.90 Å². The molecule has 0 aromatic heterocycles. The van der Waals surface area contributed by atoms with Crippen molar-refractivity contribution < 1.29 is 4.79 Å². The molecule has 21 heavy (non-hydrogen) atoms. The van der Waals surface area contributed by atoms with E-state index >= 15 is 0 Å². The number of amides is 1. The highest BCUT2D eigenvalue weighted by atomic mass is 79.9. The van der Waals surface area contributed by atoms with Crippen molar-refractivity contribution in [3.8, 4) is 0 Å². The Bertz CT molecular complexity index is 434. The van der Waals surface area contributed by atoms with Crippen molar-refractivity contribution in [3.05, 3.63) is 25.3 Å². The number of carbonyl (C=O) groups excluding carboxylic acids is 1. The number of alkyl halides is 1. The maximum Gasteiger partial charge on any atom is 0.223 e. The standard InChI is InChI=1S/C18H26BrNO/c1-3-5-20(6-4-2)16(21)12-17-8-14-7-15(9-17)11-18(19,10-14)13-17/h3-4,14-15H,1-2,5-13H2/t14-,15-,17?,18?/m1/s1. The van der Waals surface area contributed by atoms with Crippen molar-refractivity contribution in [1.82, 2.24) is 4.90 Å². The van der Waals surface area contributed by atoms with Crippen LogP contribution in [-0.4, -0.2) is 28.2 Å². The molecular weight excluding hydrogens is 326 g/mol. The minimum atomic E-state index is 0.255. The molecule has 0 aromatic carbocycles. The SMILES string of the molecule is C=CCN(CC=C)C(=O)CC12C[C@H]3C[C@@H](CC(Br)(C3)C1)C2. The molecule has 0 unspecified atom stereocenters. The Kier molecular flexibility index (Phi) is 4.06. The Hall–Kier alpha value is -0.570. The smallest absolute Gasteiger partial charge is 0.223 e. The van der Waals surface area contributed by atoms with Crippen molar-refractivity contribution in [3.63, 3.8) is 0 Å². The van der Waals surface area contributed by atoms with E-state index < -0.39 is 0 Å². The zero-order valence-electron chi connectivity index (χ0n) is 12.8. The van der Waals surface area contributed by atoms with Gasteiger partial charge in [-0.2, -0.15) is 0 Å². The molecule has 4 saturated carbocycles. The molecule has 1 amide bonds. The normalized spacial score (nSPS) is 40.0. The van der Waals surface area contributed by atoms with Crippen molar-refractivity contribution >= 4 is 21.8 Å². The van der Waals surface area contributed by atoms with E-state index in [1.54, 1.807) is 0 Å². The third kappa shape index (κ3) is 2.99. The molecule has 0 heterocycles. The van der Waals surface area contributed by atoms with Crippen LogP contribution in [-0.2, 0) is 4.79 Å². The van der Waals surface area contributed by atoms with Crippen LogP contribution >= 0.6 is 15.9 Å². The van der Waals surface area contributed by atoms with Crippen LogP contribution in [0.25, 0.3) is 0 Å². The van der Waals surface area contributed by atoms with Gasteiger partial charge in [0.25, 0.3) is 0 Å². The van der Waals surface area contributed by atoms with Crippen LogP contribution in [0.4, 0.5) is 0 Å². The molecule has 0 saturated heterocycles. The van der Waals surface area contributed by atoms with Gasteiger partial charge in [-0.25, -0.2) is 0 Å². The highest BCUT2D eigenvalue weighted by molar-refractivity contribution is 9.10. The third-order valence-electron chi connectivity index (χ3n) is 5.69. The van der Waals surface area contributed by atoms with E-state index in [2.05, 4.69) is 29.1 Å². The molecule has 4 aliphatic rings. The van der Waals surface area contributed by atoms with Crippen molar-refractivity contribution in [2.45, 2.75) is 49.3 Å². The molecule has 4 bridgehead atoms. The van der Waals surface area contributed by atoms with Crippen LogP contribution < -0.4 is 0 Å². The zero-order valence-corrected chi connectivity index (χ0v) is 14.4. The summed E-state index contributed by atoms with van der Waals surface area (Å²) >= 11 is 4.02. The highest BCUT2D eigenvalue weighted by Crippen LogP contribution is 2.65. The molecule has 0 spiro atoms. The first-order valence-electron chi connectivity index (χ1n) is 8.16. The lowest BCUT2D eigenvalue weighted by molar-refractivity contribution is -0.137. The van der Waals surface area contributed by atoms with Crippen molar-refractivity contribution in [2.24, 2.45) is 17.3 Å². The summed E-state index contributed by atoms with van der Waals surface area (Å²) in [6, 6.07) is 0. The van der Waals surface area contributed by atoms with Crippen LogP contribution in [0.3, 0.4) is 0 Å². The van der Waals surface area contributed by atoms with Gasteiger partial charge >= 0.3 is 0 Å². The average molecular weight is 352 g/mol. The van der Waals surface area contributed by atoms with E-state index in [4.69, 9.17) is 0 Å². The first-order chi connectivity index (χ1) is 9.97. The summed E-state index contributed by atoms with van der Waals surface area (Å²) in [6.07, 6.45) is 12.1. The Morgan fingerprint density at radius 2 is 1.71 bits per heavy atom. The van der Waals surface area contributed by atoms with Crippen molar-refractivity contribution in [2.75, 3.05) is 13.1 Å². The van der Waals surface area contributed by atoms with E-state index in [1.807, 2.05) is 17.1 Å². The lowest BCUT2D eigenvalue weighted by Gasteiger charge is -2.60. The molecule has 0 aliphatic heterocycles. The topological polar surface area (TPSA) is 20.3 Å². The fourth-order valence-electron chi connectivity index (χ4n) is 5.57. The molecular formula is C18H26BrNO. The Balaban J connectivity index is 1.73. The predicted molar refractivity (Wildman–Crippen MR) is 90.4 cm³/mol. The first-order valence-corrected chi connectivity index (χ1v) is 8.95. The fraction of sp³-hybridized carbons (Fsp3) is 0.722. The highest BCUT2D eigenvalue weighted by Gasteiger charge is 2.57. The average Bonchev–Trinajstić information content (AvgIpc) is 2.34. The molecule has 0 aromatic rings. The van der Waals surface area contributed by atoms with E-state index in [1.165, 1.54) is 38.5 Å². The van der Waals surface area contributed by atoms with Crippen LogP contribution in [0.5, 0.6) is 0 Å². The molecule has 4 rings (SSSR count). The molecule has 3 heteroatoms. The second-order valence-electron chi connectivity index (χ2n) is 7.66. The van der Waals surface area contributed by atoms with Crippen LogP contribution in [0.15, 0.2) is 25.3 Å². The van der Waals surface area contributed by atoms with Gasteiger partial charge in [-0.1, -0.05) is 28.1 Å². The van der Waals surface area contributed by atoms with E-state index in [-0.39, 0.29) is 11.3 Å². The molecule has 2 nitrogen and oxygen atoms in total. The third-order valence-corrected chi connectivity index (χ3v) is 6.62. The number of rotatable bonds is 6. The zero-order chi connectivity index (χ0) is 15.1. The summed E-state index contributed by atoms with van der Waals surface area (Å²) in [7, 11) is 0. The van der Waals surface area contributed by atoms with Gasteiger partial charge in [0.1, 0.15) is 0 Å². The molecule has 2 atom stereocenters. The Morgan fingerprint density at radius 1 is 1.14 bits per heavy atom. The van der Waals surface area contributed by atoms with Gasteiger partial charge in [-0.3, -0.25) is 4.79 Å². The van der Waals surface area contributed by atoms with Gasteiger partial charge in [0.05, 0.1) is 0 Å². The summed E-state index contributed by atoms with van der Waals surface area (Å²) < 4.78 is 0.332. The summed E-state index contributed by atoms with van der Waals surface area (Å²) in [4.78, 5) is 14.6. The van der Waals surface area contributed by atoms with E-state index in [0.717, 1.165) is 18.3 Å². The van der Waals surface area contributed by atoms with Gasteiger partial charge in [-0.15, -0.1) is 13.2 Å². The summed E-state index contributed by atoms with van der Waals surface area (Å²) in [5, 5.41) is 0. The second-order valence-corrected chi connectivity index (χ2v) is 9.35. The number of hydrogen-bond acceptors (Lipinski definition) is 1. The summed E-state index contributed by atoms with van der Waals surface area (Å²) in [6.45, 7) is 8.80. The fourth-order valence-corrected chi connectivity index (χ4v) is 7.08. The monoisotopic (exact) mass is 351 g/mol. The molecule has 0 radical (unpaired) electrons. The minimum Gasteiger partial charge on any atom is -0.335 e. The Labute approximate surface area is 136 Å². The number of halogens is 1. The number of nitrogens with zero attached hydrogens (tertiary/aromatic N) is 1. The Morgan fingerprint density at radius 3 is 2.19 bits per heavy atom. The van der Waals surface area contributed by atoms with Gasteiger partial charge in [-0.05, 0) is 55.8 Å².